The van der Waals surface area contributed by atoms with Crippen LogP contribution in [0.25, 0.3) is 0 Å². The summed E-state index contributed by atoms with van der Waals surface area (Å²) >= 11 is 6.31. The summed E-state index contributed by atoms with van der Waals surface area (Å²) in [5.41, 5.74) is 1.50. The molecule has 5 saturated carbocycles. The van der Waals surface area contributed by atoms with E-state index in [0.717, 1.165) is 158 Å². The average Bonchev–Trinajstić information content (AvgIpc) is 1.73. The predicted molar refractivity (Wildman–Crippen MR) is 577 cm³/mol. The van der Waals surface area contributed by atoms with E-state index < -0.39 is 34.3 Å². The first kappa shape index (κ1) is 122. The first-order valence-electron chi connectivity index (χ1n) is 57.0. The van der Waals surface area contributed by atoms with E-state index in [-0.39, 0.29) is 128 Å². The molecule has 0 bridgehead atoms. The van der Waals surface area contributed by atoms with E-state index in [2.05, 4.69) is 79.8 Å². The van der Waals surface area contributed by atoms with E-state index in [9.17, 15) is 65.9 Å². The van der Waals surface area contributed by atoms with Crippen LogP contribution in [-0.2, 0) is 31.0 Å². The van der Waals surface area contributed by atoms with Crippen LogP contribution < -0.4 is 42.5 Å². The van der Waals surface area contributed by atoms with E-state index >= 15 is 0 Å². The molecule has 13 atom stereocenters. The molecule has 147 heavy (non-hydrogen) atoms. The molecule has 8 amide bonds. The van der Waals surface area contributed by atoms with Crippen LogP contribution in [0.5, 0.6) is 0 Å². The number of methoxy groups -OCH3 is 1. The van der Waals surface area contributed by atoms with Gasteiger partial charge in [0, 0.05) is 191 Å². The van der Waals surface area contributed by atoms with Gasteiger partial charge in [-0.05, 0) is 325 Å². The number of carbonyl (C=O) groups is 4. The zero-order valence-electron chi connectivity index (χ0n) is 91.0. The highest BCUT2D eigenvalue weighted by Gasteiger charge is 2.48. The highest BCUT2D eigenvalue weighted by atomic mass is 35.5. The van der Waals surface area contributed by atoms with Crippen LogP contribution in [0.15, 0.2) is 97.1 Å². The monoisotopic (exact) mass is 2090 g/mol. The lowest BCUT2D eigenvalue weighted by molar-refractivity contribution is -0.0574. The second kappa shape index (κ2) is 62.1. The van der Waals surface area contributed by atoms with Gasteiger partial charge in [0.2, 0.25) is 11.8 Å². The molecule has 13 rings (SSSR count). The molecule has 30 heteroatoms. The normalized spacial score (nSPS) is 24.1. The summed E-state index contributed by atoms with van der Waals surface area (Å²) in [7, 11) is 9.22. The number of nitrogens with one attached hydrogen (secondary N) is 8. The smallest absolute Gasteiger partial charge is 0.317 e. The molecular weight excluding hydrogens is 1900 g/mol. The molecule has 4 saturated heterocycles. The van der Waals surface area contributed by atoms with Crippen molar-refractivity contribution in [1.29, 1.82) is 0 Å². The maximum absolute atomic E-state index is 14.3. The fourth-order valence-electron chi connectivity index (χ4n) is 24.7. The van der Waals surface area contributed by atoms with Crippen molar-refractivity contribution < 1.29 is 80.2 Å². The Morgan fingerprint density at radius 1 is 0.449 bits per heavy atom. The Hall–Kier alpha value is -6.61. The number of likely N-dealkylation sites (tertiary alicyclic amines) is 4. The third-order valence-corrected chi connectivity index (χ3v) is 33.8. The minimum Gasteiger partial charge on any atom is -0.393 e. The van der Waals surface area contributed by atoms with Crippen LogP contribution in [0.1, 0.15) is 330 Å². The van der Waals surface area contributed by atoms with Gasteiger partial charge in [0.05, 0.1) is 29.0 Å². The maximum Gasteiger partial charge on any atom is 0.317 e. The van der Waals surface area contributed by atoms with Gasteiger partial charge in [-0.1, -0.05) is 154 Å². The molecule has 4 heterocycles. The Bertz CT molecular complexity index is 4440. The van der Waals surface area contributed by atoms with Crippen LogP contribution in [0.2, 0.25) is 5.02 Å². The third-order valence-electron chi connectivity index (χ3n) is 33.5. The number of urea groups is 4. The van der Waals surface area contributed by atoms with Gasteiger partial charge in [-0.3, -0.25) is 0 Å². The highest BCUT2D eigenvalue weighted by molar-refractivity contribution is 6.30. The molecule has 0 aromatic heterocycles. The van der Waals surface area contributed by atoms with E-state index in [1.807, 2.05) is 106 Å². The van der Waals surface area contributed by atoms with Gasteiger partial charge in [-0.15, -0.1) is 0 Å². The Kier molecular flexibility index (Phi) is 51.6. The summed E-state index contributed by atoms with van der Waals surface area (Å²) in [4.78, 5) is 60.9. The number of carbonyl (C=O) groups excluding carboxylic acids is 4. The Labute approximate surface area is 882 Å². The lowest BCUT2D eigenvalue weighted by atomic mass is 9.74. The summed E-state index contributed by atoms with van der Waals surface area (Å²) in [6.07, 6.45) is 31.9. The summed E-state index contributed by atoms with van der Waals surface area (Å²) < 4.78 is 99.9. The maximum atomic E-state index is 14.3. The van der Waals surface area contributed by atoms with Crippen LogP contribution in [0, 0.1) is 72.9 Å². The van der Waals surface area contributed by atoms with E-state index in [1.54, 1.807) is 31.1 Å². The topological polar surface area (TPSA) is 286 Å². The fraction of sp³-hybridized carbons (Fsp3) is 0.761. The van der Waals surface area contributed by atoms with Crippen molar-refractivity contribution in [2.45, 2.75) is 375 Å². The van der Waals surface area contributed by atoms with Gasteiger partial charge >= 0.3 is 24.1 Å². The molecule has 0 spiro atoms. The standard InChI is InChI=1S/C30H50FN3O3.C29H48ClN3O3.C29H44F3N3O2.C29H47F2N3O3/c1-5-36-17-8-18-37-28(25-10-6-9-23(2)19-25)26-11-7-16-34(22-26)29(35)33-27(21-32-4)20-24-12-14-30(3,31)15-13-24;1-3-27(34)15-8-16-29(36,23-12-7-14-25(30)19-23)24-13-9-17-33(21-24)28(35)32-26(20-31-2)18-22-10-5-4-6-11-22;1-33-19-26(17-22-11-14-28(31,32)15-12-22)34-27(36)35-16-4-7-24(20-35)29(37,13-3-5-21-9-10-21)23-6-2-8-25(30)18-23;1-22-8-6-9-24(18-22)29(36,13-4-5-17-37-3)25-10-7-16-34(21-25)27(35)33-26(20-32-2)19-23-11-14-28(30,31)15-12-23/h6,9-10,19,24,26-28,32H,5,7-8,11-18,20-22H2,1-4H3,(H,33,35);7,12,14,19,22,24,26-27,31,34,36H,3-6,8-11,13,15-18,20-21H2,1-2H3,(H,32,35);2,6,8,18,21-22,24,26,33,37H,3-5,7,9-17,19-20H2,1H3,(H,34,36);6,8-9,18,23,25-26,32,36H,4-5,7,10-17,19-21H2,1-3H3,(H,33,35)/t24?,26-,27+,28+,30?;24-,26+,27?,29-;24-,26+,29-;25-,26+,29-/m1111/s1. The molecule has 4 aromatic carbocycles. The first-order chi connectivity index (χ1) is 70.5. The highest BCUT2D eigenvalue weighted by Crippen LogP contribution is 2.48. The minimum atomic E-state index is -2.56. The van der Waals surface area contributed by atoms with Crippen molar-refractivity contribution in [3.8, 4) is 0 Å². The molecule has 9 fully saturated rings. The van der Waals surface area contributed by atoms with Gasteiger partial charge in [-0.2, -0.15) is 0 Å². The summed E-state index contributed by atoms with van der Waals surface area (Å²) in [6.45, 7) is 20.1. The third kappa shape index (κ3) is 40.7. The van der Waals surface area contributed by atoms with Crippen LogP contribution >= 0.6 is 11.6 Å². The van der Waals surface area contributed by atoms with Crippen LogP contribution in [-0.4, -0.2) is 252 Å². The quantitative estimate of drug-likeness (QED) is 0.0145. The number of rotatable bonds is 48. The second-order valence-corrected chi connectivity index (χ2v) is 46.0. The fourth-order valence-corrected chi connectivity index (χ4v) is 24.9. The van der Waals surface area contributed by atoms with E-state index in [0.29, 0.717) is 191 Å². The lowest BCUT2D eigenvalue weighted by Crippen LogP contribution is -2.54. The first-order valence-corrected chi connectivity index (χ1v) is 57.3. The lowest BCUT2D eigenvalue weighted by Gasteiger charge is -2.43. The molecule has 9 aliphatic rings. The number of alkyl halides is 5. The van der Waals surface area contributed by atoms with E-state index in [4.69, 9.17) is 25.8 Å². The van der Waals surface area contributed by atoms with Crippen molar-refractivity contribution in [3.63, 3.8) is 0 Å². The number of aliphatic hydroxyl groups excluding tert-OH is 1. The number of piperidine rings is 4. The molecule has 1 unspecified atom stereocenters. The zero-order chi connectivity index (χ0) is 106. The molecule has 0 radical (unpaired) electrons. The van der Waals surface area contributed by atoms with Crippen molar-refractivity contribution in [1.82, 2.24) is 62.1 Å². The number of hydrogen-bond donors (Lipinski definition) is 12. The summed E-state index contributed by atoms with van der Waals surface area (Å²) in [6, 6.07) is 30.0. The van der Waals surface area contributed by atoms with Crippen molar-refractivity contribution in [2.75, 3.05) is 140 Å². The molecule has 5 aliphatic carbocycles. The van der Waals surface area contributed by atoms with Crippen LogP contribution in [0.4, 0.5) is 45.5 Å². The number of nitrogens with zero attached hydrogens (tertiary/aromatic N) is 4. The Balaban J connectivity index is 0.000000201. The van der Waals surface area contributed by atoms with Crippen molar-refractivity contribution in [3.05, 3.63) is 141 Å². The number of unbranched alkanes of at least 4 members (excludes halogenated alkanes) is 1. The Morgan fingerprint density at radius 2 is 0.857 bits per heavy atom. The SMILES string of the molecule is CCC(O)CCC[C@@](O)(c1cccc(Cl)c1)[C@@H]1CCCN(C(=O)N[C@H](CNC)CC2CCCCC2)C1.CCOCCCO[C@@H](c1cccc(C)c1)[C@@H]1CCCN(C(=O)N[C@H](CNC)CC2CCC(C)(F)CC2)C1.CNC[C@H](CC1CCC(F)(F)CC1)NC(=O)N1CCC[C@@H]([C@@](O)(CCCC2CC2)c2cccc(F)c2)C1.CNC[C@H](CC1CCC(F)(F)CC1)NC(=O)N1CCC[C@@H]([C@@](O)(CCCCOC)c2cccc(C)c2)C1. The summed E-state index contributed by atoms with van der Waals surface area (Å²) in [5.74, 6) is -3.27. The van der Waals surface area contributed by atoms with Crippen LogP contribution in [0.3, 0.4) is 0 Å². The number of halogens is 7. The van der Waals surface area contributed by atoms with Crippen molar-refractivity contribution >= 4 is 35.7 Å². The van der Waals surface area contributed by atoms with Gasteiger partial charge in [0.15, 0.2) is 0 Å². The number of ether oxygens (including phenoxy) is 3. The zero-order valence-corrected chi connectivity index (χ0v) is 91.7. The second-order valence-electron chi connectivity index (χ2n) is 45.6. The average molecular weight is 2090 g/mol. The largest absolute Gasteiger partial charge is 0.393 e. The summed E-state index contributed by atoms with van der Waals surface area (Å²) in [5, 5.41) is 72.5. The molecule has 4 aromatic rings. The van der Waals surface area contributed by atoms with E-state index in [1.165, 1.54) is 68.2 Å². The number of benzene rings is 4. The molecule has 4 aliphatic heterocycles. The number of aliphatic hydroxyl groups is 4. The van der Waals surface area contributed by atoms with Gasteiger partial charge in [0.1, 0.15) is 11.5 Å². The number of likely N-dealkylation sites (N-methyl/N-ethyl adjacent to an activating group) is 4. The molecule has 12 N–H and O–H groups in total. The molecule has 23 nitrogen and oxygen atoms in total. The minimum absolute atomic E-state index is 0.00965. The van der Waals surface area contributed by atoms with Gasteiger partial charge in [-0.25, -0.2) is 45.5 Å². The van der Waals surface area contributed by atoms with Gasteiger partial charge < -0.3 is 96.8 Å². The number of hydrogen-bond acceptors (Lipinski definition) is 15. The van der Waals surface area contributed by atoms with Crippen molar-refractivity contribution in [2.24, 2.45) is 53.3 Å². The number of aryl methyl sites for hydroxylation is 2. The predicted octanol–water partition coefficient (Wildman–Crippen LogP) is 22.3. The number of amides is 8. The molecular formula is C117H189ClF6N12O11. The van der Waals surface area contributed by atoms with Gasteiger partial charge in [0.25, 0.3) is 0 Å². The Morgan fingerprint density at radius 3 is 1.29 bits per heavy atom. The molecule has 832 valence electrons.